The number of ether oxygens (including phenoxy) is 1. The van der Waals surface area contributed by atoms with E-state index in [1.54, 1.807) is 44.4 Å². The fourth-order valence-electron chi connectivity index (χ4n) is 2.19. The van der Waals surface area contributed by atoms with Crippen LogP contribution in [0.15, 0.2) is 48.5 Å². The fourth-order valence-corrected chi connectivity index (χ4v) is 2.49. The van der Waals surface area contributed by atoms with Crippen molar-refractivity contribution < 1.29 is 19.1 Å². The molecule has 2 rings (SSSR count). The highest BCUT2D eigenvalue weighted by atomic mass is 35.5. The number of hydrogen-bond donors (Lipinski definition) is 1. The summed E-state index contributed by atoms with van der Waals surface area (Å²) >= 11 is 11.7. The fraction of sp³-hybridized carbons (Fsp3) is 0.211. The molecule has 0 fully saturated rings. The molecule has 0 aliphatic carbocycles. The first-order chi connectivity index (χ1) is 12.8. The lowest BCUT2D eigenvalue weighted by atomic mass is 10.1. The third-order valence-corrected chi connectivity index (χ3v) is 4.33. The van der Waals surface area contributed by atoms with Crippen LogP contribution in [0.1, 0.15) is 22.0 Å². The van der Waals surface area contributed by atoms with E-state index in [-0.39, 0.29) is 16.5 Å². The Morgan fingerprint density at radius 3 is 2.30 bits per heavy atom. The summed E-state index contributed by atoms with van der Waals surface area (Å²) in [6.45, 7) is -0.400. The molecule has 0 aromatic heterocycles. The summed E-state index contributed by atoms with van der Waals surface area (Å²) in [6, 6.07) is 13.0. The van der Waals surface area contributed by atoms with Crippen LogP contribution in [0.5, 0.6) is 0 Å². The second-order valence-electron chi connectivity index (χ2n) is 5.82. The molecule has 0 radical (unpaired) electrons. The van der Waals surface area contributed by atoms with Crippen LogP contribution < -0.4 is 5.32 Å². The molecule has 8 heteroatoms. The van der Waals surface area contributed by atoms with Crippen molar-refractivity contribution in [1.82, 2.24) is 10.2 Å². The molecule has 0 spiro atoms. The van der Waals surface area contributed by atoms with Gasteiger partial charge in [-0.3, -0.25) is 14.4 Å². The molecule has 0 bridgehead atoms. The Balaban J connectivity index is 2.02. The van der Waals surface area contributed by atoms with Gasteiger partial charge >= 0.3 is 5.97 Å². The van der Waals surface area contributed by atoms with Crippen LogP contribution in [-0.4, -0.2) is 43.3 Å². The maximum atomic E-state index is 12.3. The average Bonchev–Trinajstić information content (AvgIpc) is 2.66. The van der Waals surface area contributed by atoms with Crippen LogP contribution in [0, 0.1) is 0 Å². The van der Waals surface area contributed by atoms with E-state index in [4.69, 9.17) is 27.9 Å². The van der Waals surface area contributed by atoms with Crippen molar-refractivity contribution in [2.24, 2.45) is 0 Å². The van der Waals surface area contributed by atoms with Crippen molar-refractivity contribution in [3.63, 3.8) is 0 Å². The van der Waals surface area contributed by atoms with E-state index in [1.807, 2.05) is 0 Å². The molecule has 1 N–H and O–H groups in total. The Morgan fingerprint density at radius 2 is 1.70 bits per heavy atom. The number of halogens is 2. The zero-order chi connectivity index (χ0) is 20.0. The molecular weight excluding hydrogens is 391 g/mol. The molecule has 0 aliphatic rings. The number of carbonyl (C=O) groups excluding carboxylic acids is 3. The largest absolute Gasteiger partial charge is 0.446 e. The van der Waals surface area contributed by atoms with Crippen LogP contribution in [0.4, 0.5) is 0 Å². The van der Waals surface area contributed by atoms with E-state index in [1.165, 1.54) is 23.1 Å². The summed E-state index contributed by atoms with van der Waals surface area (Å²) in [5, 5.41) is 2.98. The first-order valence-electron chi connectivity index (χ1n) is 7.98. The van der Waals surface area contributed by atoms with Crippen molar-refractivity contribution in [2.45, 2.75) is 6.10 Å². The summed E-state index contributed by atoms with van der Waals surface area (Å²) < 4.78 is 5.30. The molecule has 0 heterocycles. The van der Waals surface area contributed by atoms with Gasteiger partial charge in [-0.25, -0.2) is 0 Å². The maximum absolute atomic E-state index is 12.3. The molecule has 0 aliphatic heterocycles. The van der Waals surface area contributed by atoms with Crippen molar-refractivity contribution in [2.75, 3.05) is 20.6 Å². The minimum absolute atomic E-state index is 0.229. The Morgan fingerprint density at radius 1 is 1.04 bits per heavy atom. The molecular formula is C19H18Cl2N2O4. The number of benzene rings is 2. The molecule has 0 saturated heterocycles. The van der Waals surface area contributed by atoms with Crippen LogP contribution in [0.2, 0.25) is 10.0 Å². The molecule has 0 unspecified atom stereocenters. The normalized spacial score (nSPS) is 11.4. The zero-order valence-electron chi connectivity index (χ0n) is 14.7. The van der Waals surface area contributed by atoms with Gasteiger partial charge in [-0.1, -0.05) is 53.5 Å². The summed E-state index contributed by atoms with van der Waals surface area (Å²) in [6.07, 6.45) is -1.09. The van der Waals surface area contributed by atoms with Crippen molar-refractivity contribution >= 4 is 41.0 Å². The molecule has 2 amide bonds. The highest BCUT2D eigenvalue weighted by molar-refractivity contribution is 6.42. The molecule has 2 aromatic rings. The minimum atomic E-state index is -1.09. The van der Waals surface area contributed by atoms with Gasteiger partial charge in [0.25, 0.3) is 11.8 Å². The second-order valence-corrected chi connectivity index (χ2v) is 6.64. The number of carbonyl (C=O) groups is 3. The van der Waals surface area contributed by atoms with Gasteiger partial charge in [-0.15, -0.1) is 0 Å². The van der Waals surface area contributed by atoms with Gasteiger partial charge in [0.1, 0.15) is 6.54 Å². The number of nitrogens with zero attached hydrogens (tertiary/aromatic N) is 1. The summed E-state index contributed by atoms with van der Waals surface area (Å²) in [7, 11) is 3.14. The first-order valence-corrected chi connectivity index (χ1v) is 8.74. The quantitative estimate of drug-likeness (QED) is 0.745. The Bertz CT molecular complexity index is 841. The van der Waals surface area contributed by atoms with Gasteiger partial charge in [0.05, 0.1) is 10.0 Å². The number of esters is 1. The number of rotatable bonds is 6. The van der Waals surface area contributed by atoms with Gasteiger partial charge in [-0.05, 0) is 18.2 Å². The lowest BCUT2D eigenvalue weighted by molar-refractivity contribution is -0.158. The van der Waals surface area contributed by atoms with Crippen molar-refractivity contribution in [1.29, 1.82) is 0 Å². The van der Waals surface area contributed by atoms with Crippen LogP contribution >= 0.6 is 23.2 Å². The Kier molecular flexibility index (Phi) is 7.21. The molecule has 2 aromatic carbocycles. The Hall–Kier alpha value is -2.57. The third kappa shape index (κ3) is 5.70. The van der Waals surface area contributed by atoms with E-state index in [0.717, 1.165) is 0 Å². The summed E-state index contributed by atoms with van der Waals surface area (Å²) in [5.41, 5.74) is 0.793. The topological polar surface area (TPSA) is 75.7 Å². The minimum Gasteiger partial charge on any atom is -0.446 e. The predicted molar refractivity (Wildman–Crippen MR) is 103 cm³/mol. The predicted octanol–water partition coefficient (Wildman–Crippen LogP) is 3.10. The van der Waals surface area contributed by atoms with Crippen molar-refractivity contribution in [3.05, 3.63) is 69.7 Å². The van der Waals surface area contributed by atoms with Crippen molar-refractivity contribution in [3.8, 4) is 0 Å². The summed E-state index contributed by atoms with van der Waals surface area (Å²) in [4.78, 5) is 37.9. The van der Waals surface area contributed by atoms with E-state index >= 15 is 0 Å². The van der Waals surface area contributed by atoms with Crippen LogP contribution in [-0.2, 0) is 14.3 Å². The molecule has 27 heavy (non-hydrogen) atoms. The number of nitrogens with one attached hydrogen (secondary N) is 1. The first kappa shape index (κ1) is 20.7. The molecule has 1 atom stereocenters. The lowest BCUT2D eigenvalue weighted by Crippen LogP contribution is -2.35. The van der Waals surface area contributed by atoms with Gasteiger partial charge in [0.15, 0.2) is 0 Å². The number of hydrogen-bond acceptors (Lipinski definition) is 4. The maximum Gasteiger partial charge on any atom is 0.326 e. The molecule has 6 nitrogen and oxygen atoms in total. The van der Waals surface area contributed by atoms with E-state index < -0.39 is 24.5 Å². The van der Waals surface area contributed by atoms with E-state index in [9.17, 15) is 14.4 Å². The molecule has 0 saturated carbocycles. The second kappa shape index (κ2) is 9.39. The van der Waals surface area contributed by atoms with Gasteiger partial charge in [0.2, 0.25) is 6.10 Å². The Labute approximate surface area is 167 Å². The SMILES string of the molecule is CN(C)C(=O)[C@@H](OC(=O)CNC(=O)c1ccc(Cl)c(Cl)c1)c1ccccc1. The van der Waals surface area contributed by atoms with Crippen LogP contribution in [0.3, 0.4) is 0 Å². The van der Waals surface area contributed by atoms with Gasteiger partial charge in [-0.2, -0.15) is 0 Å². The lowest BCUT2D eigenvalue weighted by Gasteiger charge is -2.21. The molecule has 142 valence electrons. The highest BCUT2D eigenvalue weighted by Crippen LogP contribution is 2.22. The number of likely N-dealkylation sites (N-methyl/N-ethyl adjacent to an activating group) is 1. The zero-order valence-corrected chi connectivity index (χ0v) is 16.3. The van der Waals surface area contributed by atoms with Gasteiger partial charge < -0.3 is 15.0 Å². The van der Waals surface area contributed by atoms with E-state index in [2.05, 4.69) is 5.32 Å². The third-order valence-electron chi connectivity index (χ3n) is 3.59. The van der Waals surface area contributed by atoms with Gasteiger partial charge in [0, 0.05) is 25.2 Å². The highest BCUT2D eigenvalue weighted by Gasteiger charge is 2.26. The standard InChI is InChI=1S/C19H18Cl2N2O4/c1-23(2)19(26)17(12-6-4-3-5-7-12)27-16(24)11-22-18(25)13-8-9-14(20)15(21)10-13/h3-10,17H,11H2,1-2H3,(H,22,25)/t17-/m0/s1. The smallest absolute Gasteiger partial charge is 0.326 e. The average molecular weight is 409 g/mol. The number of amides is 2. The van der Waals surface area contributed by atoms with E-state index in [0.29, 0.717) is 10.6 Å². The van der Waals surface area contributed by atoms with Crippen LogP contribution in [0.25, 0.3) is 0 Å². The monoisotopic (exact) mass is 408 g/mol. The summed E-state index contributed by atoms with van der Waals surface area (Å²) in [5.74, 6) is -1.64.